The van der Waals surface area contributed by atoms with Gasteiger partial charge in [0, 0.05) is 12.6 Å². The van der Waals surface area contributed by atoms with Crippen molar-refractivity contribution < 1.29 is 4.79 Å². The number of carbonyl (C=O) groups excluding carboxylic acids is 1. The minimum absolute atomic E-state index is 0.123. The molecule has 0 aromatic rings. The quantitative estimate of drug-likeness (QED) is 0.689. The van der Waals surface area contributed by atoms with Crippen molar-refractivity contribution in [2.45, 2.75) is 49.9 Å². The highest BCUT2D eigenvalue weighted by atomic mass is 35.5. The number of halogens is 2. The van der Waals surface area contributed by atoms with Gasteiger partial charge in [-0.3, -0.25) is 4.79 Å². The molecule has 0 aliphatic heterocycles. The summed E-state index contributed by atoms with van der Waals surface area (Å²) in [5.74, 6) is -0.123. The van der Waals surface area contributed by atoms with Crippen LogP contribution in [0.3, 0.4) is 0 Å². The van der Waals surface area contributed by atoms with Gasteiger partial charge in [-0.15, -0.1) is 0 Å². The minimum atomic E-state index is -0.901. The molecule has 0 bridgehead atoms. The Morgan fingerprint density at radius 3 is 2.43 bits per heavy atom. The maximum absolute atomic E-state index is 11.7. The van der Waals surface area contributed by atoms with Gasteiger partial charge < -0.3 is 4.90 Å². The van der Waals surface area contributed by atoms with Gasteiger partial charge in [0.1, 0.15) is 0 Å². The Morgan fingerprint density at radius 2 is 2.00 bits per heavy atom. The molecule has 1 aliphatic carbocycles. The Hall–Kier alpha value is 0.0500. The van der Waals surface area contributed by atoms with E-state index in [9.17, 15) is 4.79 Å². The highest BCUT2D eigenvalue weighted by molar-refractivity contribution is 6.53. The predicted molar refractivity (Wildman–Crippen MR) is 59.8 cm³/mol. The molecule has 0 unspecified atom stereocenters. The van der Waals surface area contributed by atoms with E-state index in [0.29, 0.717) is 6.04 Å². The molecule has 0 radical (unpaired) electrons. The van der Waals surface area contributed by atoms with E-state index < -0.39 is 4.84 Å². The number of alkyl halides is 2. The molecule has 82 valence electrons. The fourth-order valence-corrected chi connectivity index (χ4v) is 2.31. The van der Waals surface area contributed by atoms with E-state index in [1.165, 1.54) is 12.8 Å². The van der Waals surface area contributed by atoms with Crippen molar-refractivity contribution in [3.05, 3.63) is 0 Å². The average molecular weight is 238 g/mol. The fraction of sp³-hybridized carbons (Fsp3) is 0.900. The van der Waals surface area contributed by atoms with Crippen LogP contribution in [0.25, 0.3) is 0 Å². The largest absolute Gasteiger partial charge is 0.337 e. The van der Waals surface area contributed by atoms with Gasteiger partial charge in [-0.1, -0.05) is 43.0 Å². The molecular formula is C10H17Cl2NO. The van der Waals surface area contributed by atoms with Crippen LogP contribution in [0.2, 0.25) is 0 Å². The van der Waals surface area contributed by atoms with Crippen molar-refractivity contribution >= 4 is 29.1 Å². The van der Waals surface area contributed by atoms with Gasteiger partial charge in [0.2, 0.25) is 0 Å². The summed E-state index contributed by atoms with van der Waals surface area (Å²) >= 11 is 11.2. The molecule has 0 aromatic heterocycles. The number of hydrogen-bond acceptors (Lipinski definition) is 1. The molecular weight excluding hydrogens is 221 g/mol. The van der Waals surface area contributed by atoms with Crippen molar-refractivity contribution in [2.24, 2.45) is 0 Å². The Morgan fingerprint density at radius 1 is 1.43 bits per heavy atom. The number of hydrogen-bond donors (Lipinski definition) is 0. The van der Waals surface area contributed by atoms with Crippen LogP contribution in [0.15, 0.2) is 0 Å². The van der Waals surface area contributed by atoms with Gasteiger partial charge in [0.25, 0.3) is 5.91 Å². The molecule has 1 amide bonds. The zero-order chi connectivity index (χ0) is 10.6. The van der Waals surface area contributed by atoms with Crippen molar-refractivity contribution in [1.29, 1.82) is 0 Å². The Bertz CT molecular complexity index is 191. The third-order valence-corrected chi connectivity index (χ3v) is 3.07. The van der Waals surface area contributed by atoms with Gasteiger partial charge in [-0.05, 0) is 19.3 Å². The van der Waals surface area contributed by atoms with Gasteiger partial charge in [0.15, 0.2) is 4.84 Å². The van der Waals surface area contributed by atoms with E-state index in [2.05, 4.69) is 6.92 Å². The normalized spacial score (nSPS) is 17.7. The van der Waals surface area contributed by atoms with Crippen molar-refractivity contribution in [3.63, 3.8) is 0 Å². The molecule has 4 heteroatoms. The van der Waals surface area contributed by atoms with Gasteiger partial charge in [-0.2, -0.15) is 0 Å². The van der Waals surface area contributed by atoms with Crippen LogP contribution in [-0.2, 0) is 4.79 Å². The third-order valence-electron chi connectivity index (χ3n) is 2.70. The second kappa shape index (κ2) is 5.82. The molecule has 1 aliphatic rings. The zero-order valence-corrected chi connectivity index (χ0v) is 10.0. The second-order valence-corrected chi connectivity index (χ2v) is 4.87. The molecule has 1 rings (SSSR count). The topological polar surface area (TPSA) is 20.3 Å². The van der Waals surface area contributed by atoms with E-state index in [1.54, 1.807) is 0 Å². The summed E-state index contributed by atoms with van der Waals surface area (Å²) < 4.78 is 0. The standard InChI is InChI=1S/C10H17Cl2NO/c1-2-7-13(10(14)9(11)12)8-5-3-4-6-8/h8-9H,2-7H2,1H3. The fourth-order valence-electron chi connectivity index (χ4n) is 2.05. The molecule has 2 nitrogen and oxygen atoms in total. The van der Waals surface area contributed by atoms with Crippen molar-refractivity contribution in [2.75, 3.05) is 6.54 Å². The molecule has 0 atom stereocenters. The van der Waals surface area contributed by atoms with Crippen LogP contribution < -0.4 is 0 Å². The SMILES string of the molecule is CCCN(C(=O)C(Cl)Cl)C1CCCC1. The van der Waals surface area contributed by atoms with E-state index in [0.717, 1.165) is 25.8 Å². The van der Waals surface area contributed by atoms with Gasteiger partial charge in [0.05, 0.1) is 0 Å². The van der Waals surface area contributed by atoms with Crippen LogP contribution in [0.1, 0.15) is 39.0 Å². The first-order valence-electron chi connectivity index (χ1n) is 5.25. The number of amides is 1. The summed E-state index contributed by atoms with van der Waals surface area (Å²) in [5, 5.41) is 0. The summed E-state index contributed by atoms with van der Waals surface area (Å²) in [7, 11) is 0. The lowest BCUT2D eigenvalue weighted by Gasteiger charge is -2.29. The smallest absolute Gasteiger partial charge is 0.256 e. The van der Waals surface area contributed by atoms with Crippen LogP contribution >= 0.6 is 23.2 Å². The van der Waals surface area contributed by atoms with Crippen molar-refractivity contribution in [3.8, 4) is 0 Å². The monoisotopic (exact) mass is 237 g/mol. The molecule has 14 heavy (non-hydrogen) atoms. The predicted octanol–water partition coefficient (Wildman–Crippen LogP) is 2.97. The summed E-state index contributed by atoms with van der Waals surface area (Å²) in [6.07, 6.45) is 5.60. The van der Waals surface area contributed by atoms with Crippen LogP contribution in [0, 0.1) is 0 Å². The first-order valence-corrected chi connectivity index (χ1v) is 6.12. The minimum Gasteiger partial charge on any atom is -0.337 e. The maximum atomic E-state index is 11.7. The molecule has 0 heterocycles. The molecule has 1 saturated carbocycles. The first-order chi connectivity index (χ1) is 6.66. The van der Waals surface area contributed by atoms with E-state index >= 15 is 0 Å². The summed E-state index contributed by atoms with van der Waals surface area (Å²) in [4.78, 5) is 12.6. The average Bonchev–Trinajstić information content (AvgIpc) is 2.65. The van der Waals surface area contributed by atoms with Crippen molar-refractivity contribution in [1.82, 2.24) is 4.90 Å². The molecule has 0 saturated heterocycles. The third kappa shape index (κ3) is 3.03. The van der Waals surface area contributed by atoms with Crippen LogP contribution in [0.5, 0.6) is 0 Å². The van der Waals surface area contributed by atoms with Crippen LogP contribution in [0.4, 0.5) is 0 Å². The lowest BCUT2D eigenvalue weighted by molar-refractivity contribution is -0.131. The van der Waals surface area contributed by atoms with E-state index in [-0.39, 0.29) is 5.91 Å². The number of rotatable bonds is 4. The number of carbonyl (C=O) groups is 1. The highest BCUT2D eigenvalue weighted by Gasteiger charge is 2.28. The Balaban J connectivity index is 2.57. The molecule has 0 aromatic carbocycles. The summed E-state index contributed by atoms with van der Waals surface area (Å²) in [6, 6.07) is 0.377. The molecule has 0 N–H and O–H groups in total. The van der Waals surface area contributed by atoms with Gasteiger partial charge in [-0.25, -0.2) is 0 Å². The molecule has 0 spiro atoms. The Kier molecular flexibility index (Phi) is 5.04. The molecule has 1 fully saturated rings. The summed E-state index contributed by atoms with van der Waals surface area (Å²) in [5.41, 5.74) is 0. The van der Waals surface area contributed by atoms with E-state index in [4.69, 9.17) is 23.2 Å². The Labute approximate surface area is 95.5 Å². The summed E-state index contributed by atoms with van der Waals surface area (Å²) in [6.45, 7) is 2.84. The van der Waals surface area contributed by atoms with Gasteiger partial charge >= 0.3 is 0 Å². The maximum Gasteiger partial charge on any atom is 0.256 e. The lowest BCUT2D eigenvalue weighted by Crippen LogP contribution is -2.42. The highest BCUT2D eigenvalue weighted by Crippen LogP contribution is 2.25. The first kappa shape index (κ1) is 12.1. The van der Waals surface area contributed by atoms with E-state index in [1.807, 2.05) is 4.90 Å². The zero-order valence-electron chi connectivity index (χ0n) is 8.51. The number of nitrogens with zero attached hydrogens (tertiary/aromatic N) is 1. The van der Waals surface area contributed by atoms with Crippen LogP contribution in [-0.4, -0.2) is 28.2 Å². The second-order valence-electron chi connectivity index (χ2n) is 3.77. The lowest BCUT2D eigenvalue weighted by atomic mass is 10.2.